The lowest BCUT2D eigenvalue weighted by atomic mass is 10.2. The van der Waals surface area contributed by atoms with Crippen LogP contribution in [0.5, 0.6) is 0 Å². The molecule has 0 unspecified atom stereocenters. The van der Waals surface area contributed by atoms with Crippen molar-refractivity contribution in [1.29, 1.82) is 0 Å². The van der Waals surface area contributed by atoms with Crippen molar-refractivity contribution in [1.82, 2.24) is 15.6 Å². The Morgan fingerprint density at radius 2 is 2.09 bits per heavy atom. The number of guanidine groups is 1. The maximum atomic E-state index is 5.52. The van der Waals surface area contributed by atoms with Gasteiger partial charge in [0.1, 0.15) is 11.5 Å². The highest BCUT2D eigenvalue weighted by Crippen LogP contribution is 2.14. The largest absolute Gasteiger partial charge is 0.466 e. The van der Waals surface area contributed by atoms with Crippen molar-refractivity contribution in [2.45, 2.75) is 33.9 Å². The minimum Gasteiger partial charge on any atom is -0.466 e. The third kappa shape index (κ3) is 5.67. The molecule has 6 heteroatoms. The summed E-state index contributed by atoms with van der Waals surface area (Å²) in [6, 6.07) is 7.90. The van der Waals surface area contributed by atoms with Crippen molar-refractivity contribution < 1.29 is 4.42 Å². The van der Waals surface area contributed by atoms with E-state index in [-0.39, 0.29) is 24.0 Å². The second-order valence-electron chi connectivity index (χ2n) is 4.81. The van der Waals surface area contributed by atoms with E-state index in [9.17, 15) is 0 Å². The van der Waals surface area contributed by atoms with Gasteiger partial charge in [-0.25, -0.2) is 4.99 Å². The monoisotopic (exact) mass is 414 g/mol. The molecule has 2 N–H and O–H groups in total. The first kappa shape index (κ1) is 18.5. The number of aliphatic imine (C=N–C) groups is 1. The Hall–Kier alpha value is -1.57. The molecule has 0 spiro atoms. The summed E-state index contributed by atoms with van der Waals surface area (Å²) < 4.78 is 5.52. The van der Waals surface area contributed by atoms with E-state index in [1.54, 1.807) is 6.20 Å². The molecule has 5 nitrogen and oxygen atoms in total. The summed E-state index contributed by atoms with van der Waals surface area (Å²) in [7, 11) is 0. The molecule has 0 fully saturated rings. The second-order valence-corrected chi connectivity index (χ2v) is 4.81. The maximum absolute atomic E-state index is 5.52. The minimum atomic E-state index is 0. The summed E-state index contributed by atoms with van der Waals surface area (Å²) in [6.07, 6.45) is 1.79. The molecule has 2 rings (SSSR count). The highest BCUT2D eigenvalue weighted by Gasteiger charge is 2.04. The van der Waals surface area contributed by atoms with Crippen LogP contribution in [-0.4, -0.2) is 17.5 Å². The standard InChI is InChI=1S/C16H22N4O.HI/c1-4-17-16(20-11-15-7-5-6-8-18-15)19-10-14-9-12(2)21-13(14)3;/h5-9H,4,10-11H2,1-3H3,(H2,17,19,20);1H. The van der Waals surface area contributed by atoms with Crippen molar-refractivity contribution in [3.05, 3.63) is 53.2 Å². The van der Waals surface area contributed by atoms with Gasteiger partial charge >= 0.3 is 0 Å². The Balaban J connectivity index is 0.00000242. The molecule has 0 aliphatic heterocycles. The molecule has 2 aromatic heterocycles. The number of nitrogens with zero attached hydrogens (tertiary/aromatic N) is 2. The molecule has 0 amide bonds. The molecule has 2 heterocycles. The van der Waals surface area contributed by atoms with E-state index in [0.717, 1.165) is 35.3 Å². The van der Waals surface area contributed by atoms with Gasteiger partial charge in [-0.1, -0.05) is 6.07 Å². The number of aryl methyl sites for hydroxylation is 2. The lowest BCUT2D eigenvalue weighted by Gasteiger charge is -2.10. The topological polar surface area (TPSA) is 62.5 Å². The van der Waals surface area contributed by atoms with Crippen molar-refractivity contribution in [2.24, 2.45) is 4.99 Å². The van der Waals surface area contributed by atoms with Crippen molar-refractivity contribution in [3.8, 4) is 0 Å². The van der Waals surface area contributed by atoms with E-state index in [1.807, 2.05) is 45.0 Å². The number of hydrogen-bond acceptors (Lipinski definition) is 3. The van der Waals surface area contributed by atoms with Gasteiger partial charge in [-0.05, 0) is 39.0 Å². The van der Waals surface area contributed by atoms with Gasteiger partial charge in [0.05, 0.1) is 18.8 Å². The summed E-state index contributed by atoms with van der Waals surface area (Å²) in [6.45, 7) is 8.02. The molecule has 0 saturated carbocycles. The summed E-state index contributed by atoms with van der Waals surface area (Å²) in [4.78, 5) is 8.87. The van der Waals surface area contributed by atoms with Crippen molar-refractivity contribution in [2.75, 3.05) is 6.54 Å². The molecular weight excluding hydrogens is 391 g/mol. The Morgan fingerprint density at radius 1 is 1.27 bits per heavy atom. The van der Waals surface area contributed by atoms with Crippen LogP contribution in [0.4, 0.5) is 0 Å². The predicted octanol–water partition coefficient (Wildman–Crippen LogP) is 3.16. The van der Waals surface area contributed by atoms with E-state index in [4.69, 9.17) is 4.42 Å². The van der Waals surface area contributed by atoms with Gasteiger partial charge in [0, 0.05) is 18.3 Å². The molecule has 0 atom stereocenters. The third-order valence-corrected chi connectivity index (χ3v) is 3.06. The van der Waals surface area contributed by atoms with Gasteiger partial charge in [0.15, 0.2) is 5.96 Å². The highest BCUT2D eigenvalue weighted by molar-refractivity contribution is 14.0. The molecule has 0 radical (unpaired) electrons. The quantitative estimate of drug-likeness (QED) is 0.448. The van der Waals surface area contributed by atoms with Crippen LogP contribution in [0.2, 0.25) is 0 Å². The number of furan rings is 1. The fourth-order valence-electron chi connectivity index (χ4n) is 2.02. The first-order chi connectivity index (χ1) is 10.2. The van der Waals surface area contributed by atoms with E-state index in [2.05, 4.69) is 20.6 Å². The molecule has 2 aromatic rings. The number of rotatable bonds is 5. The van der Waals surface area contributed by atoms with Gasteiger partial charge in [0.25, 0.3) is 0 Å². The molecule has 0 saturated heterocycles. The van der Waals surface area contributed by atoms with Crippen LogP contribution in [-0.2, 0) is 13.1 Å². The highest BCUT2D eigenvalue weighted by atomic mass is 127. The fourth-order valence-corrected chi connectivity index (χ4v) is 2.02. The summed E-state index contributed by atoms with van der Waals surface area (Å²) >= 11 is 0. The number of pyridine rings is 1. The molecular formula is C16H23IN4O. The Morgan fingerprint density at radius 3 is 2.68 bits per heavy atom. The molecule has 0 bridgehead atoms. The fraction of sp³-hybridized carbons (Fsp3) is 0.375. The Bertz CT molecular complexity index is 595. The SMILES string of the molecule is CCNC(=NCc1cc(C)oc1C)NCc1ccccn1.I. The van der Waals surface area contributed by atoms with Crippen LogP contribution >= 0.6 is 24.0 Å². The van der Waals surface area contributed by atoms with Crippen LogP contribution in [0.25, 0.3) is 0 Å². The average Bonchev–Trinajstić information content (AvgIpc) is 2.81. The molecule has 120 valence electrons. The molecule has 0 aromatic carbocycles. The van der Waals surface area contributed by atoms with Crippen molar-refractivity contribution >= 4 is 29.9 Å². The zero-order chi connectivity index (χ0) is 15.1. The number of halogens is 1. The summed E-state index contributed by atoms with van der Waals surface area (Å²) in [5.41, 5.74) is 2.10. The first-order valence-electron chi connectivity index (χ1n) is 7.17. The van der Waals surface area contributed by atoms with Crippen LogP contribution in [0.1, 0.15) is 29.7 Å². The van der Waals surface area contributed by atoms with Gasteiger partial charge in [-0.2, -0.15) is 0 Å². The Kier molecular flexibility index (Phi) is 7.94. The molecule has 0 aliphatic rings. The number of aromatic nitrogens is 1. The number of nitrogens with one attached hydrogen (secondary N) is 2. The normalized spacial score (nSPS) is 11.0. The zero-order valence-corrected chi connectivity index (χ0v) is 15.5. The maximum Gasteiger partial charge on any atom is 0.191 e. The van der Waals surface area contributed by atoms with Crippen molar-refractivity contribution in [3.63, 3.8) is 0 Å². The van der Waals surface area contributed by atoms with Gasteiger partial charge in [-0.15, -0.1) is 24.0 Å². The van der Waals surface area contributed by atoms with Gasteiger partial charge in [0.2, 0.25) is 0 Å². The lowest BCUT2D eigenvalue weighted by molar-refractivity contribution is 0.501. The second kappa shape index (κ2) is 9.45. The molecule has 0 aliphatic carbocycles. The minimum absolute atomic E-state index is 0. The van der Waals surface area contributed by atoms with Crippen LogP contribution < -0.4 is 10.6 Å². The Labute approximate surface area is 148 Å². The number of hydrogen-bond donors (Lipinski definition) is 2. The predicted molar refractivity (Wildman–Crippen MR) is 99.5 cm³/mol. The zero-order valence-electron chi connectivity index (χ0n) is 13.2. The van der Waals surface area contributed by atoms with Gasteiger partial charge in [-0.3, -0.25) is 4.98 Å². The smallest absolute Gasteiger partial charge is 0.191 e. The molecule has 22 heavy (non-hydrogen) atoms. The van der Waals surface area contributed by atoms with E-state index < -0.39 is 0 Å². The van der Waals surface area contributed by atoms with E-state index in [0.29, 0.717) is 13.1 Å². The summed E-state index contributed by atoms with van der Waals surface area (Å²) in [5, 5.41) is 6.51. The first-order valence-corrected chi connectivity index (χ1v) is 7.17. The van der Waals surface area contributed by atoms with Crippen LogP contribution in [0.3, 0.4) is 0 Å². The van der Waals surface area contributed by atoms with E-state index >= 15 is 0 Å². The average molecular weight is 414 g/mol. The van der Waals surface area contributed by atoms with Crippen LogP contribution in [0.15, 0.2) is 39.9 Å². The van der Waals surface area contributed by atoms with Crippen LogP contribution in [0, 0.1) is 13.8 Å². The van der Waals surface area contributed by atoms with Gasteiger partial charge < -0.3 is 15.1 Å². The third-order valence-electron chi connectivity index (χ3n) is 3.06. The van der Waals surface area contributed by atoms with E-state index in [1.165, 1.54) is 0 Å². The summed E-state index contributed by atoms with van der Waals surface area (Å²) in [5.74, 6) is 2.63. The lowest BCUT2D eigenvalue weighted by Crippen LogP contribution is -2.37.